The summed E-state index contributed by atoms with van der Waals surface area (Å²) in [7, 11) is 3.13. The summed E-state index contributed by atoms with van der Waals surface area (Å²) in [5.74, 6) is 0.295. The van der Waals surface area contributed by atoms with Crippen molar-refractivity contribution in [3.63, 3.8) is 0 Å². The van der Waals surface area contributed by atoms with Gasteiger partial charge in [0.15, 0.2) is 0 Å². The first-order valence-corrected chi connectivity index (χ1v) is 19.2. The Kier molecular flexibility index (Phi) is 15.6. The summed E-state index contributed by atoms with van der Waals surface area (Å²) in [5.41, 5.74) is 0.268. The number of benzene rings is 2. The SMILES string of the molecule is CC(C)(C)OC(=O)NC(CSSCC(Cc1ccc(C(=O)OC(C)(C)C)cc1)NC(=O)OC(C)(C)C)Cc1ccc(C(=O)OC(C)(C)C)cc1. The highest BCUT2D eigenvalue weighted by Crippen LogP contribution is 2.26. The van der Waals surface area contributed by atoms with E-state index in [1.54, 1.807) is 45.9 Å². The second-order valence-electron chi connectivity index (χ2n) is 16.1. The van der Waals surface area contributed by atoms with Gasteiger partial charge in [-0.15, -0.1) is 0 Å². The Morgan fingerprint density at radius 3 is 1.04 bits per heavy atom. The first-order chi connectivity index (χ1) is 22.9. The average Bonchev–Trinajstić information content (AvgIpc) is 2.92. The predicted molar refractivity (Wildman–Crippen MR) is 202 cm³/mol. The standard InChI is InChI=1S/C38H56N2O8S2/c1-35(2,3)45-31(41)27-17-13-25(14-18-27)21-29(39-33(43)47-37(7,8)9)23-49-50-24-30(40-34(44)48-38(10,11)12)22-26-15-19-28(20-16-26)32(42)46-36(4,5)6/h13-20,29-30H,21-24H2,1-12H3,(H,39,43)(H,40,44). The van der Waals surface area contributed by atoms with Crippen molar-refractivity contribution >= 4 is 45.7 Å². The molecule has 0 aromatic heterocycles. The minimum Gasteiger partial charge on any atom is -0.456 e. The normalized spacial score (nSPS) is 13.4. The lowest BCUT2D eigenvalue weighted by Gasteiger charge is -2.25. The molecule has 0 aliphatic heterocycles. The lowest BCUT2D eigenvalue weighted by atomic mass is 10.0. The Morgan fingerprint density at radius 2 is 0.780 bits per heavy atom. The molecule has 0 saturated heterocycles. The molecule has 2 aromatic rings. The van der Waals surface area contributed by atoms with Crippen molar-refractivity contribution < 1.29 is 38.1 Å². The van der Waals surface area contributed by atoms with Crippen LogP contribution in [0.15, 0.2) is 48.5 Å². The van der Waals surface area contributed by atoms with E-state index in [9.17, 15) is 19.2 Å². The zero-order valence-corrected chi connectivity index (χ0v) is 33.3. The summed E-state index contributed by atoms with van der Waals surface area (Å²) >= 11 is 0. The molecular formula is C38H56N2O8S2. The molecule has 0 spiro atoms. The monoisotopic (exact) mass is 732 g/mol. The highest BCUT2D eigenvalue weighted by atomic mass is 33.1. The summed E-state index contributed by atoms with van der Waals surface area (Å²) in [6.07, 6.45) is -0.0220. The fourth-order valence-electron chi connectivity index (χ4n) is 4.31. The van der Waals surface area contributed by atoms with Crippen molar-refractivity contribution in [2.75, 3.05) is 11.5 Å². The summed E-state index contributed by atoms with van der Waals surface area (Å²) in [4.78, 5) is 50.5. The molecule has 0 heterocycles. The van der Waals surface area contributed by atoms with Gasteiger partial charge < -0.3 is 29.6 Å². The van der Waals surface area contributed by atoms with Crippen LogP contribution in [0.3, 0.4) is 0 Å². The smallest absolute Gasteiger partial charge is 0.407 e. The molecule has 0 radical (unpaired) electrons. The molecule has 0 saturated carbocycles. The molecule has 2 unspecified atom stereocenters. The van der Waals surface area contributed by atoms with E-state index in [0.717, 1.165) is 11.1 Å². The maximum Gasteiger partial charge on any atom is 0.407 e. The Bertz CT molecular complexity index is 1310. The van der Waals surface area contributed by atoms with Crippen LogP contribution < -0.4 is 10.6 Å². The van der Waals surface area contributed by atoms with Crippen molar-refractivity contribution in [3.05, 3.63) is 70.8 Å². The molecule has 12 heteroatoms. The molecule has 278 valence electrons. The maximum absolute atomic E-state index is 12.7. The summed E-state index contributed by atoms with van der Waals surface area (Å²) in [6, 6.07) is 13.8. The second kappa shape index (κ2) is 18.2. The van der Waals surface area contributed by atoms with Gasteiger partial charge in [0.2, 0.25) is 0 Å². The van der Waals surface area contributed by atoms with E-state index in [2.05, 4.69) is 10.6 Å². The van der Waals surface area contributed by atoms with Crippen LogP contribution in [0.2, 0.25) is 0 Å². The number of nitrogens with one attached hydrogen (secondary N) is 2. The van der Waals surface area contributed by atoms with Crippen LogP contribution in [-0.2, 0) is 31.8 Å². The first-order valence-electron chi connectivity index (χ1n) is 16.8. The van der Waals surface area contributed by atoms with Gasteiger partial charge in [0, 0.05) is 23.6 Å². The number of alkyl carbamates (subject to hydrolysis) is 2. The third-order valence-corrected chi connectivity index (χ3v) is 8.76. The first kappa shape index (κ1) is 42.8. The van der Waals surface area contributed by atoms with Crippen LogP contribution in [0.25, 0.3) is 0 Å². The zero-order valence-electron chi connectivity index (χ0n) is 31.7. The number of carbonyl (C=O) groups is 4. The third-order valence-electron chi connectivity index (χ3n) is 6.20. The van der Waals surface area contributed by atoms with Crippen LogP contribution in [-0.4, -0.2) is 70.1 Å². The number of esters is 2. The van der Waals surface area contributed by atoms with Gasteiger partial charge in [0.1, 0.15) is 22.4 Å². The molecule has 2 N–H and O–H groups in total. The van der Waals surface area contributed by atoms with Crippen molar-refractivity contribution in [2.24, 2.45) is 0 Å². The van der Waals surface area contributed by atoms with E-state index in [1.807, 2.05) is 107 Å². The molecule has 2 atom stereocenters. The Labute approximate surface area is 306 Å². The molecule has 2 rings (SSSR count). The van der Waals surface area contributed by atoms with Crippen molar-refractivity contribution in [1.82, 2.24) is 10.6 Å². The van der Waals surface area contributed by atoms with Crippen LogP contribution >= 0.6 is 21.6 Å². The van der Waals surface area contributed by atoms with Crippen molar-refractivity contribution in [2.45, 2.75) is 130 Å². The van der Waals surface area contributed by atoms with E-state index in [1.165, 1.54) is 0 Å². The lowest BCUT2D eigenvalue weighted by Crippen LogP contribution is -2.42. The quantitative estimate of drug-likeness (QED) is 0.0895. The van der Waals surface area contributed by atoms with E-state index < -0.39 is 46.5 Å². The average molecular weight is 733 g/mol. The van der Waals surface area contributed by atoms with Crippen molar-refractivity contribution in [3.8, 4) is 0 Å². The molecule has 2 amide bonds. The second-order valence-corrected chi connectivity index (χ2v) is 18.6. The molecule has 0 bridgehead atoms. The highest BCUT2D eigenvalue weighted by molar-refractivity contribution is 8.76. The number of amides is 2. The van der Waals surface area contributed by atoms with Crippen molar-refractivity contribution in [1.29, 1.82) is 0 Å². The number of ether oxygens (including phenoxy) is 4. The molecule has 2 aromatic carbocycles. The van der Waals surface area contributed by atoms with Crippen LogP contribution in [0, 0.1) is 0 Å². The molecule has 50 heavy (non-hydrogen) atoms. The molecule has 0 aliphatic rings. The minimum atomic E-state index is -0.656. The third kappa shape index (κ3) is 18.6. The predicted octanol–water partition coefficient (Wildman–Crippen LogP) is 8.55. The van der Waals surface area contributed by atoms with Gasteiger partial charge in [0.05, 0.1) is 11.1 Å². The fourth-order valence-corrected chi connectivity index (χ4v) is 6.80. The van der Waals surface area contributed by atoms with Gasteiger partial charge in [-0.1, -0.05) is 45.9 Å². The number of hydrogen-bond acceptors (Lipinski definition) is 10. The lowest BCUT2D eigenvalue weighted by molar-refractivity contribution is 0.00570. The van der Waals surface area contributed by atoms with E-state index in [4.69, 9.17) is 18.9 Å². The highest BCUT2D eigenvalue weighted by Gasteiger charge is 2.24. The number of rotatable bonds is 13. The topological polar surface area (TPSA) is 129 Å². The minimum absolute atomic E-state index is 0.285. The van der Waals surface area contributed by atoms with E-state index in [-0.39, 0.29) is 12.1 Å². The van der Waals surface area contributed by atoms with Gasteiger partial charge in [-0.05, 0) is 131 Å². The van der Waals surface area contributed by atoms with Crippen LogP contribution in [0.1, 0.15) is 115 Å². The molecule has 0 fully saturated rings. The molecule has 10 nitrogen and oxygen atoms in total. The Hall–Kier alpha value is -3.38. The summed E-state index contributed by atoms with van der Waals surface area (Å²) in [6.45, 7) is 21.8. The van der Waals surface area contributed by atoms with Crippen LogP contribution in [0.4, 0.5) is 9.59 Å². The Morgan fingerprint density at radius 1 is 0.500 bits per heavy atom. The summed E-state index contributed by atoms with van der Waals surface area (Å²) < 4.78 is 22.0. The van der Waals surface area contributed by atoms with E-state index in [0.29, 0.717) is 35.5 Å². The molecule has 0 aliphatic carbocycles. The number of carbonyl (C=O) groups excluding carboxylic acids is 4. The fraction of sp³-hybridized carbons (Fsp3) is 0.579. The van der Waals surface area contributed by atoms with Gasteiger partial charge in [0.25, 0.3) is 0 Å². The summed E-state index contributed by atoms with van der Waals surface area (Å²) in [5, 5.41) is 5.98. The van der Waals surface area contributed by atoms with Gasteiger partial charge in [-0.3, -0.25) is 0 Å². The van der Waals surface area contributed by atoms with Gasteiger partial charge in [-0.25, -0.2) is 19.2 Å². The van der Waals surface area contributed by atoms with E-state index >= 15 is 0 Å². The van der Waals surface area contributed by atoms with Crippen LogP contribution in [0.5, 0.6) is 0 Å². The van der Waals surface area contributed by atoms with Gasteiger partial charge in [-0.2, -0.15) is 0 Å². The molecular weight excluding hydrogens is 677 g/mol. The maximum atomic E-state index is 12.7. The number of hydrogen-bond donors (Lipinski definition) is 2. The largest absolute Gasteiger partial charge is 0.456 e. The van der Waals surface area contributed by atoms with Gasteiger partial charge >= 0.3 is 24.1 Å². The Balaban J connectivity index is 2.13. The zero-order chi connectivity index (χ0) is 37.9.